The Balaban J connectivity index is 1.79. The number of rotatable bonds is 6. The summed E-state index contributed by atoms with van der Waals surface area (Å²) >= 11 is 0. The first-order chi connectivity index (χ1) is 8.75. The van der Waals surface area contributed by atoms with Gasteiger partial charge >= 0.3 is 0 Å². The highest BCUT2D eigenvalue weighted by Gasteiger charge is 2.10. The highest BCUT2D eigenvalue weighted by Crippen LogP contribution is 2.09. The molecule has 1 aliphatic rings. The van der Waals surface area contributed by atoms with Crippen LogP contribution in [0.15, 0.2) is 18.3 Å². The lowest BCUT2D eigenvalue weighted by molar-refractivity contribution is 0.220. The summed E-state index contributed by atoms with van der Waals surface area (Å²) in [6.45, 7) is 10.3. The Labute approximate surface area is 111 Å². The first-order valence-corrected chi connectivity index (χ1v) is 7.35. The van der Waals surface area contributed by atoms with Gasteiger partial charge in [0, 0.05) is 37.6 Å². The minimum absolute atomic E-state index is 0.551. The highest BCUT2D eigenvalue weighted by atomic mass is 15.2. The molecule has 1 N–H and O–H groups in total. The van der Waals surface area contributed by atoms with Crippen LogP contribution in [-0.4, -0.2) is 35.1 Å². The Morgan fingerprint density at radius 1 is 1.17 bits per heavy atom. The molecule has 0 atom stereocenters. The van der Waals surface area contributed by atoms with Gasteiger partial charge in [0.05, 0.1) is 0 Å². The van der Waals surface area contributed by atoms with Crippen molar-refractivity contribution in [1.29, 1.82) is 0 Å². The van der Waals surface area contributed by atoms with E-state index in [1.807, 2.05) is 0 Å². The Bertz CT molecular complexity index is 337. The molecule has 0 spiro atoms. The van der Waals surface area contributed by atoms with Crippen LogP contribution in [0.25, 0.3) is 0 Å². The van der Waals surface area contributed by atoms with Crippen molar-refractivity contribution in [3.05, 3.63) is 24.0 Å². The molecule has 0 unspecified atom stereocenters. The van der Waals surface area contributed by atoms with E-state index in [9.17, 15) is 0 Å². The van der Waals surface area contributed by atoms with Crippen LogP contribution in [0, 0.1) is 0 Å². The number of hydrogen-bond acceptors (Lipinski definition) is 2. The number of piperidine rings is 1. The first kappa shape index (κ1) is 13.6. The number of nitrogens with zero attached hydrogens (tertiary/aromatic N) is 2. The van der Waals surface area contributed by atoms with Crippen LogP contribution >= 0.6 is 0 Å². The third-order valence-corrected chi connectivity index (χ3v) is 3.72. The van der Waals surface area contributed by atoms with E-state index >= 15 is 0 Å². The van der Waals surface area contributed by atoms with E-state index in [4.69, 9.17) is 0 Å². The van der Waals surface area contributed by atoms with Gasteiger partial charge in [-0.1, -0.05) is 20.3 Å². The number of aromatic nitrogens is 1. The molecule has 0 amide bonds. The molecule has 2 heterocycles. The first-order valence-electron chi connectivity index (χ1n) is 7.35. The molecule has 1 fully saturated rings. The average Bonchev–Trinajstić information content (AvgIpc) is 2.82. The van der Waals surface area contributed by atoms with Crippen LogP contribution in [-0.2, 0) is 13.1 Å². The average molecular weight is 249 g/mol. The topological polar surface area (TPSA) is 20.2 Å². The molecule has 1 aromatic heterocycles. The molecule has 3 nitrogen and oxygen atoms in total. The largest absolute Gasteiger partial charge is 0.349 e. The van der Waals surface area contributed by atoms with E-state index in [0.29, 0.717) is 6.04 Å². The zero-order valence-corrected chi connectivity index (χ0v) is 11.9. The maximum absolute atomic E-state index is 3.49. The van der Waals surface area contributed by atoms with Crippen LogP contribution in [0.2, 0.25) is 0 Å². The highest BCUT2D eigenvalue weighted by molar-refractivity contribution is 5.07. The summed E-state index contributed by atoms with van der Waals surface area (Å²) in [6.07, 6.45) is 6.39. The third kappa shape index (κ3) is 4.14. The van der Waals surface area contributed by atoms with Crippen molar-refractivity contribution < 1.29 is 0 Å². The van der Waals surface area contributed by atoms with Gasteiger partial charge in [-0.2, -0.15) is 0 Å². The van der Waals surface area contributed by atoms with Crippen LogP contribution < -0.4 is 5.32 Å². The smallest absolute Gasteiger partial charge is 0.0361 e. The van der Waals surface area contributed by atoms with Crippen molar-refractivity contribution in [3.63, 3.8) is 0 Å². The molecule has 3 heteroatoms. The van der Waals surface area contributed by atoms with Crippen molar-refractivity contribution in [2.24, 2.45) is 0 Å². The van der Waals surface area contributed by atoms with Crippen molar-refractivity contribution >= 4 is 0 Å². The van der Waals surface area contributed by atoms with Crippen LogP contribution in [0.4, 0.5) is 0 Å². The van der Waals surface area contributed by atoms with E-state index in [1.165, 1.54) is 44.6 Å². The molecule has 18 heavy (non-hydrogen) atoms. The van der Waals surface area contributed by atoms with Crippen molar-refractivity contribution in [2.45, 2.75) is 52.2 Å². The lowest BCUT2D eigenvalue weighted by Crippen LogP contribution is -2.33. The van der Waals surface area contributed by atoms with Gasteiger partial charge in [-0.15, -0.1) is 0 Å². The predicted molar refractivity (Wildman–Crippen MR) is 76.7 cm³/mol. The van der Waals surface area contributed by atoms with E-state index < -0.39 is 0 Å². The quantitative estimate of drug-likeness (QED) is 0.836. The second-order valence-electron chi connectivity index (χ2n) is 5.63. The number of nitrogens with one attached hydrogen (secondary N) is 1. The molecule has 0 aromatic carbocycles. The molecule has 1 aliphatic heterocycles. The minimum atomic E-state index is 0.551. The van der Waals surface area contributed by atoms with Gasteiger partial charge in [0.25, 0.3) is 0 Å². The molecule has 102 valence electrons. The molecular formula is C15H27N3. The van der Waals surface area contributed by atoms with Crippen LogP contribution in [0.1, 0.15) is 38.8 Å². The number of likely N-dealkylation sites (tertiary alicyclic amines) is 1. The fraction of sp³-hybridized carbons (Fsp3) is 0.733. The lowest BCUT2D eigenvalue weighted by atomic mass is 10.1. The molecule has 0 aliphatic carbocycles. The van der Waals surface area contributed by atoms with Gasteiger partial charge in [-0.25, -0.2) is 0 Å². The molecular weight excluding hydrogens is 222 g/mol. The predicted octanol–water partition coefficient (Wildman–Crippen LogP) is 2.47. The summed E-state index contributed by atoms with van der Waals surface area (Å²) in [4.78, 5) is 2.60. The van der Waals surface area contributed by atoms with Gasteiger partial charge < -0.3 is 14.8 Å². The van der Waals surface area contributed by atoms with Crippen molar-refractivity contribution in [2.75, 3.05) is 19.6 Å². The zero-order valence-electron chi connectivity index (χ0n) is 11.9. The van der Waals surface area contributed by atoms with E-state index in [1.54, 1.807) is 0 Å². The minimum Gasteiger partial charge on any atom is -0.349 e. The third-order valence-electron chi connectivity index (χ3n) is 3.72. The summed E-state index contributed by atoms with van der Waals surface area (Å²) in [5, 5.41) is 3.49. The van der Waals surface area contributed by atoms with E-state index in [-0.39, 0.29) is 0 Å². The monoisotopic (exact) mass is 249 g/mol. The van der Waals surface area contributed by atoms with Gasteiger partial charge in [0.2, 0.25) is 0 Å². The summed E-state index contributed by atoms with van der Waals surface area (Å²) in [5.74, 6) is 0. The molecule has 0 saturated carbocycles. The Morgan fingerprint density at radius 3 is 2.67 bits per heavy atom. The molecule has 1 saturated heterocycles. The van der Waals surface area contributed by atoms with Gasteiger partial charge in [0.15, 0.2) is 0 Å². The maximum Gasteiger partial charge on any atom is 0.0361 e. The van der Waals surface area contributed by atoms with E-state index in [0.717, 1.165) is 13.1 Å². The Kier molecular flexibility index (Phi) is 5.26. The van der Waals surface area contributed by atoms with Crippen molar-refractivity contribution in [3.8, 4) is 0 Å². The second kappa shape index (κ2) is 6.95. The van der Waals surface area contributed by atoms with Gasteiger partial charge in [-0.05, 0) is 38.1 Å². The summed E-state index contributed by atoms with van der Waals surface area (Å²) < 4.78 is 2.39. The Morgan fingerprint density at radius 2 is 1.94 bits per heavy atom. The summed E-state index contributed by atoms with van der Waals surface area (Å²) in [5.41, 5.74) is 1.40. The lowest BCUT2D eigenvalue weighted by Gasteiger charge is -2.26. The van der Waals surface area contributed by atoms with Gasteiger partial charge in [0.1, 0.15) is 0 Å². The van der Waals surface area contributed by atoms with Crippen molar-refractivity contribution in [1.82, 2.24) is 14.8 Å². The molecule has 1 aromatic rings. The molecule has 0 bridgehead atoms. The van der Waals surface area contributed by atoms with Gasteiger partial charge in [-0.3, -0.25) is 0 Å². The number of hydrogen-bond donors (Lipinski definition) is 1. The van der Waals surface area contributed by atoms with Crippen LogP contribution in [0.5, 0.6) is 0 Å². The maximum atomic E-state index is 3.49. The zero-order chi connectivity index (χ0) is 12.8. The standard InChI is InChI=1S/C15H27N3/c1-14(2)16-13-15-7-6-10-18(15)12-11-17-8-4-3-5-9-17/h6-7,10,14,16H,3-5,8-9,11-13H2,1-2H3. The molecule has 2 rings (SSSR count). The molecule has 0 radical (unpaired) electrons. The normalized spacial score (nSPS) is 17.5. The SMILES string of the molecule is CC(C)NCc1cccn1CCN1CCCCC1. The van der Waals surface area contributed by atoms with E-state index in [2.05, 4.69) is 47.0 Å². The summed E-state index contributed by atoms with van der Waals surface area (Å²) in [6, 6.07) is 4.94. The summed E-state index contributed by atoms with van der Waals surface area (Å²) in [7, 11) is 0. The fourth-order valence-corrected chi connectivity index (χ4v) is 2.57. The Hall–Kier alpha value is -0.800. The second-order valence-corrected chi connectivity index (χ2v) is 5.63. The fourth-order valence-electron chi connectivity index (χ4n) is 2.57. The van der Waals surface area contributed by atoms with Crippen LogP contribution in [0.3, 0.4) is 0 Å².